The van der Waals surface area contributed by atoms with Crippen LogP contribution in [-0.4, -0.2) is 9.78 Å². The van der Waals surface area contributed by atoms with Crippen LogP contribution in [-0.2, 0) is 6.54 Å². The average molecular weight is 244 g/mol. The number of nitrogens with zero attached hydrogens (tertiary/aromatic N) is 2. The van der Waals surface area contributed by atoms with Crippen molar-refractivity contribution >= 4 is 10.9 Å². The van der Waals surface area contributed by atoms with E-state index in [2.05, 4.69) is 41.1 Å². The fraction of sp³-hybridized carbons (Fsp3) is 0.562. The van der Waals surface area contributed by atoms with E-state index in [-0.39, 0.29) is 0 Å². The summed E-state index contributed by atoms with van der Waals surface area (Å²) in [6, 6.07) is 8.33. The molecule has 0 aliphatic rings. The predicted molar refractivity (Wildman–Crippen MR) is 77.7 cm³/mol. The van der Waals surface area contributed by atoms with E-state index in [1.54, 1.807) is 0 Å². The van der Waals surface area contributed by atoms with Gasteiger partial charge in [-0.1, -0.05) is 63.6 Å². The van der Waals surface area contributed by atoms with Crippen LogP contribution in [0.5, 0.6) is 0 Å². The lowest BCUT2D eigenvalue weighted by Gasteiger charge is -2.01. The molecule has 0 N–H and O–H groups in total. The Balaban J connectivity index is 1.67. The van der Waals surface area contributed by atoms with E-state index in [1.807, 2.05) is 6.07 Å². The fourth-order valence-corrected chi connectivity index (χ4v) is 2.36. The second-order valence-electron chi connectivity index (χ2n) is 5.07. The number of fused-ring (bicyclic) bond motifs is 1. The Kier molecular flexibility index (Phi) is 5.25. The van der Waals surface area contributed by atoms with E-state index in [1.165, 1.54) is 50.3 Å². The van der Waals surface area contributed by atoms with Crippen molar-refractivity contribution in [2.75, 3.05) is 0 Å². The van der Waals surface area contributed by atoms with Crippen LogP contribution in [0.25, 0.3) is 10.9 Å². The summed E-state index contributed by atoms with van der Waals surface area (Å²) in [6.45, 7) is 3.32. The van der Waals surface area contributed by atoms with Crippen molar-refractivity contribution in [3.8, 4) is 0 Å². The van der Waals surface area contributed by atoms with Crippen LogP contribution in [0.2, 0.25) is 0 Å². The minimum absolute atomic E-state index is 1.06. The molecule has 1 aromatic carbocycles. The van der Waals surface area contributed by atoms with Gasteiger partial charge in [-0.2, -0.15) is 5.10 Å². The fourth-order valence-electron chi connectivity index (χ4n) is 2.36. The van der Waals surface area contributed by atoms with Gasteiger partial charge in [0, 0.05) is 18.1 Å². The quantitative estimate of drug-likeness (QED) is 0.611. The molecular formula is C16H24N2. The highest BCUT2D eigenvalue weighted by Crippen LogP contribution is 2.12. The van der Waals surface area contributed by atoms with Crippen molar-refractivity contribution in [2.45, 2.75) is 58.4 Å². The van der Waals surface area contributed by atoms with Gasteiger partial charge in [-0.15, -0.1) is 0 Å². The zero-order valence-electron chi connectivity index (χ0n) is 11.4. The van der Waals surface area contributed by atoms with Gasteiger partial charge in [0.25, 0.3) is 0 Å². The van der Waals surface area contributed by atoms with Crippen LogP contribution in [0.3, 0.4) is 0 Å². The molecule has 0 bridgehead atoms. The Morgan fingerprint density at radius 2 is 1.67 bits per heavy atom. The molecule has 0 saturated carbocycles. The van der Waals surface area contributed by atoms with Crippen molar-refractivity contribution in [2.24, 2.45) is 0 Å². The highest BCUT2D eigenvalue weighted by atomic mass is 15.3. The zero-order chi connectivity index (χ0) is 12.6. The maximum Gasteiger partial charge on any atom is 0.0923 e. The second kappa shape index (κ2) is 7.20. The number of aromatic nitrogens is 2. The van der Waals surface area contributed by atoms with Crippen molar-refractivity contribution < 1.29 is 0 Å². The molecule has 0 aliphatic heterocycles. The minimum atomic E-state index is 1.06. The Hall–Kier alpha value is -1.31. The van der Waals surface area contributed by atoms with E-state index in [4.69, 9.17) is 0 Å². The maximum atomic E-state index is 4.58. The molecule has 2 rings (SSSR count). The second-order valence-corrected chi connectivity index (χ2v) is 5.07. The number of rotatable bonds is 8. The largest absolute Gasteiger partial charge is 0.272 e. The number of hydrogen-bond acceptors (Lipinski definition) is 1. The average Bonchev–Trinajstić information content (AvgIpc) is 2.80. The van der Waals surface area contributed by atoms with Crippen LogP contribution < -0.4 is 0 Å². The smallest absolute Gasteiger partial charge is 0.0923 e. The molecule has 0 fully saturated rings. The molecule has 1 aromatic heterocycles. The van der Waals surface area contributed by atoms with Gasteiger partial charge in [0.1, 0.15) is 0 Å². The molecule has 2 aromatic rings. The lowest BCUT2D eigenvalue weighted by Crippen LogP contribution is -1.98. The van der Waals surface area contributed by atoms with E-state index in [0.717, 1.165) is 12.1 Å². The van der Waals surface area contributed by atoms with Crippen molar-refractivity contribution in [1.82, 2.24) is 9.78 Å². The number of aryl methyl sites for hydroxylation is 1. The molecule has 0 amide bonds. The summed E-state index contributed by atoms with van der Waals surface area (Å²) in [7, 11) is 0. The minimum Gasteiger partial charge on any atom is -0.272 e. The third kappa shape index (κ3) is 3.86. The van der Waals surface area contributed by atoms with Crippen LogP contribution in [0.1, 0.15) is 51.9 Å². The Bertz CT molecular complexity index is 426. The highest BCUT2D eigenvalue weighted by molar-refractivity contribution is 5.77. The normalized spacial score (nSPS) is 11.2. The first-order valence-corrected chi connectivity index (χ1v) is 7.32. The van der Waals surface area contributed by atoms with Crippen LogP contribution in [0.15, 0.2) is 30.5 Å². The van der Waals surface area contributed by atoms with Crippen molar-refractivity contribution in [3.05, 3.63) is 30.5 Å². The SMILES string of the molecule is CCCCCCCCCn1cc2ccccc2n1. The molecule has 2 nitrogen and oxygen atoms in total. The van der Waals surface area contributed by atoms with Gasteiger partial charge in [0.15, 0.2) is 0 Å². The number of benzene rings is 1. The third-order valence-corrected chi connectivity index (χ3v) is 3.45. The molecule has 0 spiro atoms. The van der Waals surface area contributed by atoms with E-state index in [9.17, 15) is 0 Å². The molecule has 0 atom stereocenters. The van der Waals surface area contributed by atoms with Gasteiger partial charge in [0.05, 0.1) is 5.52 Å². The Labute approximate surface area is 110 Å². The summed E-state index contributed by atoms with van der Waals surface area (Å²) in [5.74, 6) is 0. The van der Waals surface area contributed by atoms with E-state index < -0.39 is 0 Å². The number of unbranched alkanes of at least 4 members (excludes halogenated alkanes) is 6. The molecule has 98 valence electrons. The van der Waals surface area contributed by atoms with Crippen LogP contribution in [0, 0.1) is 0 Å². The Morgan fingerprint density at radius 1 is 0.944 bits per heavy atom. The van der Waals surface area contributed by atoms with Gasteiger partial charge in [-0.05, 0) is 12.5 Å². The van der Waals surface area contributed by atoms with Crippen molar-refractivity contribution in [3.63, 3.8) is 0 Å². The topological polar surface area (TPSA) is 17.8 Å². The van der Waals surface area contributed by atoms with Gasteiger partial charge in [-0.3, -0.25) is 4.68 Å². The lowest BCUT2D eigenvalue weighted by molar-refractivity contribution is 0.526. The lowest BCUT2D eigenvalue weighted by atomic mass is 10.1. The first-order chi connectivity index (χ1) is 8.90. The molecule has 2 heteroatoms. The van der Waals surface area contributed by atoms with Crippen LogP contribution in [0.4, 0.5) is 0 Å². The predicted octanol–water partition coefficient (Wildman–Crippen LogP) is 4.79. The standard InChI is InChI=1S/C16H24N2/c1-2-3-4-5-6-7-10-13-18-14-15-11-8-9-12-16(15)17-18/h8-9,11-12,14H,2-7,10,13H2,1H3. The van der Waals surface area contributed by atoms with Gasteiger partial charge in [-0.25, -0.2) is 0 Å². The number of hydrogen-bond donors (Lipinski definition) is 0. The molecule has 0 saturated heterocycles. The van der Waals surface area contributed by atoms with E-state index >= 15 is 0 Å². The molecule has 0 unspecified atom stereocenters. The molecule has 1 heterocycles. The summed E-state index contributed by atoms with van der Waals surface area (Å²) in [4.78, 5) is 0. The summed E-state index contributed by atoms with van der Waals surface area (Å²) in [5.41, 5.74) is 1.11. The van der Waals surface area contributed by atoms with Gasteiger partial charge >= 0.3 is 0 Å². The Morgan fingerprint density at radius 3 is 2.44 bits per heavy atom. The van der Waals surface area contributed by atoms with E-state index in [0.29, 0.717) is 0 Å². The maximum absolute atomic E-state index is 4.58. The van der Waals surface area contributed by atoms with Gasteiger partial charge in [0.2, 0.25) is 0 Å². The van der Waals surface area contributed by atoms with Crippen molar-refractivity contribution in [1.29, 1.82) is 0 Å². The molecule has 0 aliphatic carbocycles. The first kappa shape index (κ1) is 13.1. The summed E-state index contributed by atoms with van der Waals surface area (Å²) in [5, 5.41) is 5.83. The highest BCUT2D eigenvalue weighted by Gasteiger charge is 1.98. The zero-order valence-corrected chi connectivity index (χ0v) is 11.4. The third-order valence-electron chi connectivity index (χ3n) is 3.45. The first-order valence-electron chi connectivity index (χ1n) is 7.32. The van der Waals surface area contributed by atoms with Gasteiger partial charge < -0.3 is 0 Å². The molecular weight excluding hydrogens is 220 g/mol. The summed E-state index contributed by atoms with van der Waals surface area (Å²) >= 11 is 0. The van der Waals surface area contributed by atoms with Crippen LogP contribution >= 0.6 is 0 Å². The summed E-state index contributed by atoms with van der Waals surface area (Å²) in [6.07, 6.45) is 11.6. The summed E-state index contributed by atoms with van der Waals surface area (Å²) < 4.78 is 2.09. The monoisotopic (exact) mass is 244 g/mol. The molecule has 18 heavy (non-hydrogen) atoms. The molecule has 0 radical (unpaired) electrons.